The summed E-state index contributed by atoms with van der Waals surface area (Å²) in [6, 6.07) is 16.0. The van der Waals surface area contributed by atoms with Crippen LogP contribution in [0.1, 0.15) is 16.7 Å². The molecule has 0 saturated heterocycles. The van der Waals surface area contributed by atoms with E-state index in [1.54, 1.807) is 10.9 Å². The van der Waals surface area contributed by atoms with Gasteiger partial charge in [0.25, 0.3) is 0 Å². The van der Waals surface area contributed by atoms with Crippen LogP contribution >= 0.6 is 0 Å². The van der Waals surface area contributed by atoms with Crippen LogP contribution in [0.25, 0.3) is 5.69 Å². The molecule has 1 heterocycles. The predicted octanol–water partition coefficient (Wildman–Crippen LogP) is 3.67. The van der Waals surface area contributed by atoms with Gasteiger partial charge in [0.15, 0.2) is 0 Å². The number of nitrogens with one attached hydrogen (secondary N) is 1. The van der Waals surface area contributed by atoms with Crippen molar-refractivity contribution in [2.24, 2.45) is 0 Å². The van der Waals surface area contributed by atoms with Crippen molar-refractivity contribution in [2.75, 3.05) is 5.32 Å². The fourth-order valence-corrected chi connectivity index (χ4v) is 2.48. The van der Waals surface area contributed by atoms with Gasteiger partial charge < -0.3 is 5.32 Å². The van der Waals surface area contributed by atoms with E-state index in [1.807, 2.05) is 56.4 Å². The van der Waals surface area contributed by atoms with Gasteiger partial charge in [-0.2, -0.15) is 5.10 Å². The second kappa shape index (κ2) is 6.48. The second-order valence-electron chi connectivity index (χ2n) is 5.66. The molecule has 0 aliphatic carbocycles. The summed E-state index contributed by atoms with van der Waals surface area (Å²) >= 11 is 0. The number of carbonyl (C=O) groups excluding carboxylic acids is 1. The summed E-state index contributed by atoms with van der Waals surface area (Å²) in [6.45, 7) is 4.06. The first-order valence-electron chi connectivity index (χ1n) is 7.58. The first-order chi connectivity index (χ1) is 11.1. The number of para-hydroxylation sites is 1. The Kier molecular flexibility index (Phi) is 4.24. The van der Waals surface area contributed by atoms with Crippen molar-refractivity contribution in [3.05, 3.63) is 77.6 Å². The van der Waals surface area contributed by atoms with E-state index < -0.39 is 0 Å². The summed E-state index contributed by atoms with van der Waals surface area (Å²) in [5, 5.41) is 7.19. The second-order valence-corrected chi connectivity index (χ2v) is 5.66. The van der Waals surface area contributed by atoms with E-state index >= 15 is 0 Å². The Morgan fingerprint density at radius 1 is 1.13 bits per heavy atom. The van der Waals surface area contributed by atoms with Crippen LogP contribution in [0.4, 0.5) is 5.69 Å². The highest BCUT2D eigenvalue weighted by molar-refractivity contribution is 5.92. The van der Waals surface area contributed by atoms with Gasteiger partial charge in [-0.05, 0) is 37.1 Å². The SMILES string of the molecule is Cc1ccc(C)c(CC(=O)Nc2cnn(-c3ccccc3)c2)c1. The first-order valence-corrected chi connectivity index (χ1v) is 7.58. The quantitative estimate of drug-likeness (QED) is 0.799. The van der Waals surface area contributed by atoms with Crippen LogP contribution in [0.5, 0.6) is 0 Å². The molecule has 116 valence electrons. The molecule has 0 atom stereocenters. The summed E-state index contributed by atoms with van der Waals surface area (Å²) < 4.78 is 1.74. The minimum atomic E-state index is -0.0358. The zero-order valence-corrected chi connectivity index (χ0v) is 13.3. The lowest BCUT2D eigenvalue weighted by Crippen LogP contribution is -2.14. The zero-order chi connectivity index (χ0) is 16.2. The lowest BCUT2D eigenvalue weighted by Gasteiger charge is -2.07. The molecule has 0 radical (unpaired) electrons. The van der Waals surface area contributed by atoms with Gasteiger partial charge in [0.05, 0.1) is 30.2 Å². The molecule has 4 heteroatoms. The normalized spacial score (nSPS) is 10.5. The van der Waals surface area contributed by atoms with E-state index in [2.05, 4.69) is 22.5 Å². The highest BCUT2D eigenvalue weighted by atomic mass is 16.1. The lowest BCUT2D eigenvalue weighted by molar-refractivity contribution is -0.115. The Morgan fingerprint density at radius 3 is 2.70 bits per heavy atom. The monoisotopic (exact) mass is 305 g/mol. The summed E-state index contributed by atoms with van der Waals surface area (Å²) in [6.07, 6.45) is 3.84. The van der Waals surface area contributed by atoms with Crippen LogP contribution in [0.15, 0.2) is 60.9 Å². The van der Waals surface area contributed by atoms with Gasteiger partial charge in [-0.3, -0.25) is 4.79 Å². The number of hydrogen-bond donors (Lipinski definition) is 1. The van der Waals surface area contributed by atoms with Crippen molar-refractivity contribution in [1.29, 1.82) is 0 Å². The van der Waals surface area contributed by atoms with E-state index in [0.29, 0.717) is 12.1 Å². The highest BCUT2D eigenvalue weighted by Gasteiger charge is 2.08. The lowest BCUT2D eigenvalue weighted by atomic mass is 10.0. The number of rotatable bonds is 4. The molecule has 1 aromatic heterocycles. The number of amides is 1. The van der Waals surface area contributed by atoms with E-state index in [4.69, 9.17) is 0 Å². The predicted molar refractivity (Wildman–Crippen MR) is 91.8 cm³/mol. The van der Waals surface area contributed by atoms with Gasteiger partial charge in [0.1, 0.15) is 0 Å². The van der Waals surface area contributed by atoms with Crippen molar-refractivity contribution >= 4 is 11.6 Å². The third-order valence-corrected chi connectivity index (χ3v) is 3.74. The summed E-state index contributed by atoms with van der Waals surface area (Å²) in [5.74, 6) is -0.0358. The van der Waals surface area contributed by atoms with Crippen LogP contribution in [-0.4, -0.2) is 15.7 Å². The van der Waals surface area contributed by atoms with Gasteiger partial charge in [-0.25, -0.2) is 4.68 Å². The third kappa shape index (κ3) is 3.66. The molecule has 1 amide bonds. The molecule has 0 fully saturated rings. The van der Waals surface area contributed by atoms with Gasteiger partial charge in [0.2, 0.25) is 5.91 Å². The summed E-state index contributed by atoms with van der Waals surface area (Å²) in [7, 11) is 0. The van der Waals surface area contributed by atoms with Crippen LogP contribution in [0, 0.1) is 13.8 Å². The molecule has 23 heavy (non-hydrogen) atoms. The van der Waals surface area contributed by atoms with Gasteiger partial charge in [0, 0.05) is 0 Å². The van der Waals surface area contributed by atoms with E-state index in [1.165, 1.54) is 0 Å². The molecule has 0 aliphatic rings. The number of carbonyl (C=O) groups is 1. The number of aryl methyl sites for hydroxylation is 2. The van der Waals surface area contributed by atoms with Crippen molar-refractivity contribution < 1.29 is 4.79 Å². The highest BCUT2D eigenvalue weighted by Crippen LogP contribution is 2.14. The number of hydrogen-bond acceptors (Lipinski definition) is 2. The Bertz CT molecular complexity index is 822. The molecule has 3 aromatic rings. The fraction of sp³-hybridized carbons (Fsp3) is 0.158. The molecule has 3 rings (SSSR count). The molecular formula is C19H19N3O. The van der Waals surface area contributed by atoms with Crippen LogP contribution < -0.4 is 5.32 Å². The summed E-state index contributed by atoms with van der Waals surface area (Å²) in [4.78, 5) is 12.2. The zero-order valence-electron chi connectivity index (χ0n) is 13.3. The Hall–Kier alpha value is -2.88. The fourth-order valence-electron chi connectivity index (χ4n) is 2.48. The molecule has 0 saturated carbocycles. The molecule has 4 nitrogen and oxygen atoms in total. The average Bonchev–Trinajstić information content (AvgIpc) is 3.00. The molecule has 0 bridgehead atoms. The van der Waals surface area contributed by atoms with Gasteiger partial charge in [-0.1, -0.05) is 42.0 Å². The molecule has 0 aliphatic heterocycles. The minimum absolute atomic E-state index is 0.0358. The van der Waals surface area contributed by atoms with Crippen molar-refractivity contribution in [1.82, 2.24) is 9.78 Å². The van der Waals surface area contributed by atoms with Crippen molar-refractivity contribution in [3.63, 3.8) is 0 Å². The van der Waals surface area contributed by atoms with E-state index in [-0.39, 0.29) is 5.91 Å². The molecule has 0 spiro atoms. The smallest absolute Gasteiger partial charge is 0.228 e. The number of benzene rings is 2. The van der Waals surface area contributed by atoms with E-state index in [9.17, 15) is 4.79 Å². The first kappa shape index (κ1) is 15.0. The molecule has 1 N–H and O–H groups in total. The Labute approximate surface area is 135 Å². The van der Waals surface area contributed by atoms with Crippen molar-refractivity contribution in [2.45, 2.75) is 20.3 Å². The Balaban J connectivity index is 1.69. The average molecular weight is 305 g/mol. The third-order valence-electron chi connectivity index (χ3n) is 3.74. The largest absolute Gasteiger partial charge is 0.323 e. The van der Waals surface area contributed by atoms with Gasteiger partial charge in [-0.15, -0.1) is 0 Å². The van der Waals surface area contributed by atoms with Crippen LogP contribution in [0.2, 0.25) is 0 Å². The number of anilines is 1. The maximum absolute atomic E-state index is 12.2. The summed E-state index contributed by atoms with van der Waals surface area (Å²) in [5.41, 5.74) is 5.01. The number of aromatic nitrogens is 2. The topological polar surface area (TPSA) is 46.9 Å². The Morgan fingerprint density at radius 2 is 1.91 bits per heavy atom. The maximum Gasteiger partial charge on any atom is 0.228 e. The molecular weight excluding hydrogens is 286 g/mol. The number of nitrogens with zero attached hydrogens (tertiary/aromatic N) is 2. The molecule has 2 aromatic carbocycles. The minimum Gasteiger partial charge on any atom is -0.323 e. The maximum atomic E-state index is 12.2. The van der Waals surface area contributed by atoms with Crippen LogP contribution in [-0.2, 0) is 11.2 Å². The molecule has 0 unspecified atom stereocenters. The van der Waals surface area contributed by atoms with E-state index in [0.717, 1.165) is 22.4 Å². The standard InChI is InChI=1S/C19H19N3O/c1-14-8-9-15(2)16(10-14)11-19(23)21-17-12-20-22(13-17)18-6-4-3-5-7-18/h3-10,12-13H,11H2,1-2H3,(H,21,23). The van der Waals surface area contributed by atoms with Gasteiger partial charge >= 0.3 is 0 Å². The van der Waals surface area contributed by atoms with Crippen LogP contribution in [0.3, 0.4) is 0 Å². The van der Waals surface area contributed by atoms with Crippen molar-refractivity contribution in [3.8, 4) is 5.69 Å².